The lowest BCUT2D eigenvalue weighted by Gasteiger charge is -2.12. The molecule has 0 saturated heterocycles. The van der Waals surface area contributed by atoms with Gasteiger partial charge in [-0.25, -0.2) is 9.48 Å². The fourth-order valence-corrected chi connectivity index (χ4v) is 1.88. The number of benzene rings is 1. The van der Waals surface area contributed by atoms with Gasteiger partial charge in [0.25, 0.3) is 5.91 Å². The summed E-state index contributed by atoms with van der Waals surface area (Å²) in [6.45, 7) is 1.81. The van der Waals surface area contributed by atoms with Gasteiger partial charge in [-0.05, 0) is 35.5 Å². The van der Waals surface area contributed by atoms with Gasteiger partial charge in [0.15, 0.2) is 6.61 Å². The molecule has 122 valence electrons. The van der Waals surface area contributed by atoms with E-state index in [2.05, 4.69) is 20.8 Å². The number of methoxy groups -OCH3 is 1. The highest BCUT2D eigenvalue weighted by molar-refractivity contribution is 5.91. The van der Waals surface area contributed by atoms with Gasteiger partial charge in [0.05, 0.1) is 17.9 Å². The molecule has 0 fully saturated rings. The van der Waals surface area contributed by atoms with Crippen molar-refractivity contribution in [2.45, 2.75) is 13.0 Å². The van der Waals surface area contributed by atoms with E-state index in [1.807, 2.05) is 0 Å². The summed E-state index contributed by atoms with van der Waals surface area (Å²) in [5, 5.41) is 13.4. The van der Waals surface area contributed by atoms with Crippen molar-refractivity contribution in [1.82, 2.24) is 25.5 Å². The minimum absolute atomic E-state index is 0.158. The van der Waals surface area contributed by atoms with Crippen molar-refractivity contribution >= 4 is 11.9 Å². The summed E-state index contributed by atoms with van der Waals surface area (Å²) >= 11 is 0. The van der Waals surface area contributed by atoms with Crippen LogP contribution in [0.1, 0.15) is 17.3 Å². The van der Waals surface area contributed by atoms with E-state index in [1.54, 1.807) is 38.3 Å². The van der Waals surface area contributed by atoms with Gasteiger partial charge in [-0.15, -0.1) is 5.10 Å². The zero-order valence-corrected chi connectivity index (χ0v) is 12.8. The normalized spacial score (nSPS) is 11.7. The molecule has 2 rings (SSSR count). The lowest BCUT2D eigenvalue weighted by atomic mass is 10.2. The molecule has 1 N–H and O–H groups in total. The van der Waals surface area contributed by atoms with Gasteiger partial charge in [0, 0.05) is 13.2 Å². The number of esters is 1. The largest absolute Gasteiger partial charge is 0.452 e. The van der Waals surface area contributed by atoms with Gasteiger partial charge in [-0.2, -0.15) is 0 Å². The smallest absolute Gasteiger partial charge is 0.338 e. The van der Waals surface area contributed by atoms with Crippen molar-refractivity contribution in [2.24, 2.45) is 0 Å². The first-order valence-corrected chi connectivity index (χ1v) is 6.89. The van der Waals surface area contributed by atoms with Crippen molar-refractivity contribution in [1.29, 1.82) is 0 Å². The van der Waals surface area contributed by atoms with E-state index in [1.165, 1.54) is 11.0 Å². The Morgan fingerprint density at radius 1 is 1.39 bits per heavy atom. The number of ether oxygens (including phenoxy) is 2. The van der Waals surface area contributed by atoms with Crippen molar-refractivity contribution < 1.29 is 19.1 Å². The van der Waals surface area contributed by atoms with Gasteiger partial charge >= 0.3 is 5.97 Å². The minimum Gasteiger partial charge on any atom is -0.452 e. The molecule has 1 heterocycles. The first-order chi connectivity index (χ1) is 11.1. The molecule has 1 aromatic heterocycles. The molecule has 1 atom stereocenters. The summed E-state index contributed by atoms with van der Waals surface area (Å²) in [7, 11) is 1.54. The fraction of sp³-hybridized carbons (Fsp3) is 0.357. The van der Waals surface area contributed by atoms with Crippen LogP contribution in [0.2, 0.25) is 0 Å². The Bertz CT molecular complexity index is 659. The summed E-state index contributed by atoms with van der Waals surface area (Å²) in [5.74, 6) is -0.992. The van der Waals surface area contributed by atoms with Gasteiger partial charge in [-0.1, -0.05) is 6.07 Å². The van der Waals surface area contributed by atoms with E-state index in [-0.39, 0.29) is 18.6 Å². The highest BCUT2D eigenvalue weighted by Crippen LogP contribution is 2.09. The molecule has 1 unspecified atom stereocenters. The Labute approximate surface area is 132 Å². The predicted octanol–water partition coefficient (Wildman–Crippen LogP) is -0.0298. The molecule has 0 radical (unpaired) electrons. The number of hydrogen-bond donors (Lipinski definition) is 1. The van der Waals surface area contributed by atoms with Crippen LogP contribution in [-0.4, -0.2) is 58.4 Å². The number of amides is 1. The molecule has 2 aromatic rings. The van der Waals surface area contributed by atoms with Gasteiger partial charge in [0.2, 0.25) is 0 Å². The maximum Gasteiger partial charge on any atom is 0.338 e. The number of hydrogen-bond acceptors (Lipinski definition) is 7. The minimum atomic E-state index is -0.602. The van der Waals surface area contributed by atoms with Gasteiger partial charge < -0.3 is 14.8 Å². The summed E-state index contributed by atoms with van der Waals surface area (Å²) in [4.78, 5) is 23.6. The molecule has 1 amide bonds. The number of nitrogens with one attached hydrogen (secondary N) is 1. The molecular formula is C14H17N5O4. The second kappa shape index (κ2) is 7.99. The highest BCUT2D eigenvalue weighted by Gasteiger charge is 2.13. The third-order valence-corrected chi connectivity index (χ3v) is 2.85. The average molecular weight is 319 g/mol. The Balaban J connectivity index is 1.91. The second-order valence-electron chi connectivity index (χ2n) is 4.80. The summed E-state index contributed by atoms with van der Waals surface area (Å²) in [6, 6.07) is 6.42. The van der Waals surface area contributed by atoms with Crippen LogP contribution in [0.3, 0.4) is 0 Å². The number of carbonyl (C=O) groups excluding carboxylic acids is 2. The van der Waals surface area contributed by atoms with Crippen molar-refractivity contribution in [3.05, 3.63) is 36.2 Å². The van der Waals surface area contributed by atoms with E-state index in [4.69, 9.17) is 9.47 Å². The number of tetrazole rings is 1. The SMILES string of the molecule is COCC(C)NC(=O)COC(=O)c1cccc(-n2cnnn2)c1. The first kappa shape index (κ1) is 16.6. The monoisotopic (exact) mass is 319 g/mol. The van der Waals surface area contributed by atoms with Crippen LogP contribution < -0.4 is 5.32 Å². The van der Waals surface area contributed by atoms with Crippen molar-refractivity contribution in [2.75, 3.05) is 20.3 Å². The van der Waals surface area contributed by atoms with Gasteiger partial charge in [0.1, 0.15) is 6.33 Å². The maximum atomic E-state index is 12.0. The maximum absolute atomic E-state index is 12.0. The quantitative estimate of drug-likeness (QED) is 0.714. The number of aromatic nitrogens is 4. The summed E-state index contributed by atoms with van der Waals surface area (Å²) in [5.41, 5.74) is 0.915. The molecule has 9 heteroatoms. The molecule has 0 spiro atoms. The van der Waals surface area contributed by atoms with Crippen molar-refractivity contribution in [3.8, 4) is 5.69 Å². The summed E-state index contributed by atoms with van der Waals surface area (Å²) < 4.78 is 11.3. The second-order valence-corrected chi connectivity index (χ2v) is 4.80. The first-order valence-electron chi connectivity index (χ1n) is 6.89. The lowest BCUT2D eigenvalue weighted by Crippen LogP contribution is -2.38. The van der Waals surface area contributed by atoms with Crippen LogP contribution in [0.4, 0.5) is 0 Å². The zero-order chi connectivity index (χ0) is 16.7. The van der Waals surface area contributed by atoms with Crippen LogP contribution in [0.15, 0.2) is 30.6 Å². The predicted molar refractivity (Wildman–Crippen MR) is 78.9 cm³/mol. The molecule has 0 aliphatic rings. The van der Waals surface area contributed by atoms with Crippen LogP contribution >= 0.6 is 0 Å². The van der Waals surface area contributed by atoms with Crippen molar-refractivity contribution in [3.63, 3.8) is 0 Å². The van der Waals surface area contributed by atoms with Crippen LogP contribution in [0, 0.1) is 0 Å². The number of carbonyl (C=O) groups is 2. The Kier molecular flexibility index (Phi) is 5.75. The molecule has 0 aliphatic heterocycles. The van der Waals surface area contributed by atoms with E-state index < -0.39 is 5.97 Å². The molecular weight excluding hydrogens is 302 g/mol. The average Bonchev–Trinajstić information content (AvgIpc) is 3.07. The topological polar surface area (TPSA) is 108 Å². The fourth-order valence-electron chi connectivity index (χ4n) is 1.88. The zero-order valence-electron chi connectivity index (χ0n) is 12.8. The molecule has 23 heavy (non-hydrogen) atoms. The molecule has 9 nitrogen and oxygen atoms in total. The Morgan fingerprint density at radius 3 is 2.91 bits per heavy atom. The van der Waals surface area contributed by atoms with E-state index in [0.29, 0.717) is 17.9 Å². The highest BCUT2D eigenvalue weighted by atomic mass is 16.5. The van der Waals surface area contributed by atoms with Crippen LogP contribution in [0.5, 0.6) is 0 Å². The molecule has 0 aliphatic carbocycles. The lowest BCUT2D eigenvalue weighted by molar-refractivity contribution is -0.125. The molecule has 1 aromatic carbocycles. The van der Waals surface area contributed by atoms with E-state index in [0.717, 1.165) is 0 Å². The molecule has 0 saturated carbocycles. The summed E-state index contributed by atoms with van der Waals surface area (Å²) in [6.07, 6.45) is 1.41. The third-order valence-electron chi connectivity index (χ3n) is 2.85. The van der Waals surface area contributed by atoms with Crippen LogP contribution in [0.25, 0.3) is 5.69 Å². The third kappa shape index (κ3) is 4.85. The number of nitrogens with zero attached hydrogens (tertiary/aromatic N) is 4. The van der Waals surface area contributed by atoms with Gasteiger partial charge in [-0.3, -0.25) is 4.79 Å². The Morgan fingerprint density at radius 2 is 2.22 bits per heavy atom. The van der Waals surface area contributed by atoms with E-state index in [9.17, 15) is 9.59 Å². The Hall–Kier alpha value is -2.81. The van der Waals surface area contributed by atoms with E-state index >= 15 is 0 Å². The van der Waals surface area contributed by atoms with Crippen LogP contribution in [-0.2, 0) is 14.3 Å². The number of rotatable bonds is 7. The molecule has 0 bridgehead atoms. The standard InChI is InChI=1S/C14H17N5O4/c1-10(7-22-2)16-13(20)8-23-14(21)11-4-3-5-12(6-11)19-9-15-17-18-19/h3-6,9-10H,7-8H2,1-2H3,(H,16,20).